The molecule has 2 aromatic carbocycles. The lowest BCUT2D eigenvalue weighted by molar-refractivity contribution is -0.134. The first kappa shape index (κ1) is 14.6. The van der Waals surface area contributed by atoms with Crippen molar-refractivity contribution in [3.8, 4) is 11.8 Å². The van der Waals surface area contributed by atoms with Crippen molar-refractivity contribution in [1.29, 1.82) is 0 Å². The van der Waals surface area contributed by atoms with Crippen LogP contribution in [0.15, 0.2) is 60.7 Å². The van der Waals surface area contributed by atoms with Crippen LogP contribution in [0.4, 0.5) is 0 Å². The Bertz CT molecular complexity index is 699. The maximum absolute atomic E-state index is 11.2. The molecule has 0 atom stereocenters. The second-order valence-corrected chi connectivity index (χ2v) is 4.60. The molecule has 0 aliphatic heterocycles. The Morgan fingerprint density at radius 3 is 2.33 bits per heavy atom. The van der Waals surface area contributed by atoms with Gasteiger partial charge >= 0.3 is 5.97 Å². The van der Waals surface area contributed by atoms with Gasteiger partial charge in [0.25, 0.3) is 0 Å². The van der Waals surface area contributed by atoms with Crippen LogP contribution in [0.1, 0.15) is 23.6 Å². The van der Waals surface area contributed by atoms with Gasteiger partial charge in [-0.2, -0.15) is 0 Å². The summed E-state index contributed by atoms with van der Waals surface area (Å²) in [4.78, 5) is 11.2. The molecule has 0 heterocycles. The highest BCUT2D eigenvalue weighted by atomic mass is 16.5. The summed E-state index contributed by atoms with van der Waals surface area (Å²) in [6, 6.07) is 17.4. The van der Waals surface area contributed by atoms with E-state index in [1.54, 1.807) is 6.08 Å². The first-order valence-electron chi connectivity index (χ1n) is 6.67. The molecule has 2 nitrogen and oxygen atoms in total. The fourth-order valence-corrected chi connectivity index (χ4v) is 1.75. The molecule has 0 fully saturated rings. The van der Waals surface area contributed by atoms with Crippen molar-refractivity contribution >= 4 is 11.7 Å². The molecule has 0 aliphatic rings. The second-order valence-electron chi connectivity index (χ2n) is 4.60. The zero-order valence-corrected chi connectivity index (χ0v) is 12.1. The SMILES string of the molecule is CC(=O)O/C(=C\C#Cc1ccc(C)cc1)c1ccccc1. The van der Waals surface area contributed by atoms with Gasteiger partial charge in [0.15, 0.2) is 0 Å². The van der Waals surface area contributed by atoms with E-state index in [2.05, 4.69) is 11.8 Å². The van der Waals surface area contributed by atoms with Crippen molar-refractivity contribution in [2.45, 2.75) is 13.8 Å². The number of aryl methyl sites for hydroxylation is 1. The van der Waals surface area contributed by atoms with Gasteiger partial charge in [-0.15, -0.1) is 0 Å². The number of benzene rings is 2. The van der Waals surface area contributed by atoms with E-state index in [1.165, 1.54) is 12.5 Å². The van der Waals surface area contributed by atoms with Crippen molar-refractivity contribution in [2.75, 3.05) is 0 Å². The Morgan fingerprint density at radius 2 is 1.71 bits per heavy atom. The summed E-state index contributed by atoms with van der Waals surface area (Å²) in [6.07, 6.45) is 1.62. The third-order valence-corrected chi connectivity index (χ3v) is 2.78. The van der Waals surface area contributed by atoms with E-state index in [0.29, 0.717) is 5.76 Å². The maximum Gasteiger partial charge on any atom is 0.308 e. The largest absolute Gasteiger partial charge is 0.425 e. The van der Waals surface area contributed by atoms with Gasteiger partial charge in [0.2, 0.25) is 0 Å². The van der Waals surface area contributed by atoms with Crippen molar-refractivity contribution < 1.29 is 9.53 Å². The van der Waals surface area contributed by atoms with Crippen molar-refractivity contribution in [3.05, 3.63) is 77.4 Å². The number of rotatable bonds is 2. The zero-order valence-electron chi connectivity index (χ0n) is 12.1. The summed E-state index contributed by atoms with van der Waals surface area (Å²) in [5, 5.41) is 0. The highest BCUT2D eigenvalue weighted by Crippen LogP contribution is 2.15. The van der Waals surface area contributed by atoms with E-state index < -0.39 is 0 Å². The summed E-state index contributed by atoms with van der Waals surface area (Å²) in [5.74, 6) is 6.07. The van der Waals surface area contributed by atoms with E-state index in [4.69, 9.17) is 4.74 Å². The van der Waals surface area contributed by atoms with Crippen molar-refractivity contribution in [1.82, 2.24) is 0 Å². The third kappa shape index (κ3) is 4.67. The van der Waals surface area contributed by atoms with Gasteiger partial charge in [-0.05, 0) is 19.1 Å². The van der Waals surface area contributed by atoms with Crippen molar-refractivity contribution in [3.63, 3.8) is 0 Å². The van der Waals surface area contributed by atoms with E-state index in [0.717, 1.165) is 11.1 Å². The molecule has 0 unspecified atom stereocenters. The highest BCUT2D eigenvalue weighted by Gasteiger charge is 2.04. The average molecular weight is 276 g/mol. The lowest BCUT2D eigenvalue weighted by atomic mass is 10.1. The summed E-state index contributed by atoms with van der Waals surface area (Å²) in [6.45, 7) is 3.41. The topological polar surface area (TPSA) is 26.3 Å². The van der Waals surface area contributed by atoms with E-state index in [1.807, 2.05) is 61.5 Å². The monoisotopic (exact) mass is 276 g/mol. The molecular weight excluding hydrogens is 260 g/mol. The predicted octanol–water partition coefficient (Wildman–Crippen LogP) is 3.95. The van der Waals surface area contributed by atoms with Gasteiger partial charge in [-0.3, -0.25) is 4.79 Å². The van der Waals surface area contributed by atoms with Crippen LogP contribution in [-0.2, 0) is 9.53 Å². The summed E-state index contributed by atoms with van der Waals surface area (Å²) in [5.41, 5.74) is 2.94. The Morgan fingerprint density at radius 1 is 1.05 bits per heavy atom. The summed E-state index contributed by atoms with van der Waals surface area (Å²) in [7, 11) is 0. The van der Waals surface area contributed by atoms with E-state index >= 15 is 0 Å². The van der Waals surface area contributed by atoms with Crippen LogP contribution in [0.3, 0.4) is 0 Å². The Hall–Kier alpha value is -2.79. The molecule has 0 radical (unpaired) electrons. The maximum atomic E-state index is 11.2. The fourth-order valence-electron chi connectivity index (χ4n) is 1.75. The number of hydrogen-bond donors (Lipinski definition) is 0. The van der Waals surface area contributed by atoms with E-state index in [-0.39, 0.29) is 5.97 Å². The van der Waals surface area contributed by atoms with Crippen molar-refractivity contribution in [2.24, 2.45) is 0 Å². The highest BCUT2D eigenvalue weighted by molar-refractivity contribution is 5.77. The summed E-state index contributed by atoms with van der Waals surface area (Å²) < 4.78 is 5.21. The summed E-state index contributed by atoms with van der Waals surface area (Å²) >= 11 is 0. The smallest absolute Gasteiger partial charge is 0.308 e. The van der Waals surface area contributed by atoms with Crippen LogP contribution in [0, 0.1) is 18.8 Å². The molecular formula is C19H16O2. The number of carbonyl (C=O) groups is 1. The molecule has 0 spiro atoms. The minimum absolute atomic E-state index is 0.359. The normalized spacial score (nSPS) is 10.5. The van der Waals surface area contributed by atoms with Gasteiger partial charge in [-0.25, -0.2) is 0 Å². The molecule has 0 saturated heterocycles. The minimum atomic E-state index is -0.359. The molecule has 21 heavy (non-hydrogen) atoms. The van der Waals surface area contributed by atoms with Gasteiger partial charge in [0, 0.05) is 24.1 Å². The molecule has 0 aromatic heterocycles. The quantitative estimate of drug-likeness (QED) is 0.471. The molecule has 0 N–H and O–H groups in total. The first-order valence-corrected chi connectivity index (χ1v) is 6.67. The number of hydrogen-bond acceptors (Lipinski definition) is 2. The van der Waals surface area contributed by atoms with Crippen LogP contribution in [0.5, 0.6) is 0 Å². The van der Waals surface area contributed by atoms with Crippen LogP contribution >= 0.6 is 0 Å². The third-order valence-electron chi connectivity index (χ3n) is 2.78. The fraction of sp³-hybridized carbons (Fsp3) is 0.105. The van der Waals surface area contributed by atoms with Crippen LogP contribution < -0.4 is 0 Å². The molecule has 2 aromatic rings. The van der Waals surface area contributed by atoms with Gasteiger partial charge in [-0.1, -0.05) is 59.9 Å². The number of carbonyl (C=O) groups excluding carboxylic acids is 1. The van der Waals surface area contributed by atoms with Gasteiger partial charge in [0.1, 0.15) is 5.76 Å². The predicted molar refractivity (Wildman–Crippen MR) is 84.2 cm³/mol. The number of allylic oxidation sites excluding steroid dienone is 1. The second kappa shape index (κ2) is 7.12. The van der Waals surface area contributed by atoms with Crippen LogP contribution in [0.25, 0.3) is 5.76 Å². The average Bonchev–Trinajstić information content (AvgIpc) is 2.49. The van der Waals surface area contributed by atoms with Gasteiger partial charge in [0.05, 0.1) is 0 Å². The van der Waals surface area contributed by atoms with Gasteiger partial charge < -0.3 is 4.74 Å². The van der Waals surface area contributed by atoms with E-state index in [9.17, 15) is 4.79 Å². The Balaban J connectivity index is 2.25. The molecule has 2 rings (SSSR count). The number of esters is 1. The minimum Gasteiger partial charge on any atom is -0.425 e. The molecule has 0 amide bonds. The first-order chi connectivity index (χ1) is 10.1. The standard InChI is InChI=1S/C19H16O2/c1-15-11-13-17(14-12-15)7-6-10-19(21-16(2)20)18-8-4-3-5-9-18/h3-5,8-14H,1-2H3/b19-10-. The molecule has 104 valence electrons. The van der Waals surface area contributed by atoms with Crippen LogP contribution in [-0.4, -0.2) is 5.97 Å². The Labute approximate surface area is 125 Å². The molecule has 2 heteroatoms. The molecule has 0 bridgehead atoms. The lowest BCUT2D eigenvalue weighted by Gasteiger charge is -2.05. The molecule has 0 aliphatic carbocycles. The van der Waals surface area contributed by atoms with Crippen LogP contribution in [0.2, 0.25) is 0 Å². The number of ether oxygens (including phenoxy) is 1. The lowest BCUT2D eigenvalue weighted by Crippen LogP contribution is -1.98. The zero-order chi connectivity index (χ0) is 15.1. The Kier molecular flexibility index (Phi) is 4.95. The molecule has 0 saturated carbocycles.